The molecule has 0 heterocycles. The van der Waals surface area contributed by atoms with Gasteiger partial charge in [-0.1, -0.05) is 41.2 Å². The van der Waals surface area contributed by atoms with Crippen LogP contribution in [0.5, 0.6) is 0 Å². The minimum absolute atomic E-state index is 0.00960. The highest BCUT2D eigenvalue weighted by Crippen LogP contribution is 2.30. The quantitative estimate of drug-likeness (QED) is 0.154. The lowest BCUT2D eigenvalue weighted by Gasteiger charge is -2.25. The first-order valence-corrected chi connectivity index (χ1v) is 14.8. The Kier molecular flexibility index (Phi) is 17.5. The smallest absolute Gasteiger partial charge is 0.330 e. The van der Waals surface area contributed by atoms with Gasteiger partial charge < -0.3 is 18.9 Å². The summed E-state index contributed by atoms with van der Waals surface area (Å²) in [7, 11) is 0. The molecule has 0 N–H and O–H groups in total. The zero-order chi connectivity index (χ0) is 29.2. The van der Waals surface area contributed by atoms with Gasteiger partial charge in [-0.05, 0) is 69.6 Å². The van der Waals surface area contributed by atoms with Crippen molar-refractivity contribution < 1.29 is 38.1 Å². The van der Waals surface area contributed by atoms with Crippen molar-refractivity contribution in [2.24, 2.45) is 35.5 Å². The highest BCUT2D eigenvalue weighted by Gasteiger charge is 2.27. The monoisotopic (exact) mass is 552 g/mol. The van der Waals surface area contributed by atoms with Crippen molar-refractivity contribution in [3.63, 3.8) is 0 Å². The molecule has 0 amide bonds. The Labute approximate surface area is 235 Å². The summed E-state index contributed by atoms with van der Waals surface area (Å²) in [5.74, 6) is 0.846. The average molecular weight is 553 g/mol. The highest BCUT2D eigenvalue weighted by atomic mass is 16.6. The Morgan fingerprint density at radius 2 is 1.08 bits per heavy atom. The van der Waals surface area contributed by atoms with Gasteiger partial charge >= 0.3 is 23.9 Å². The lowest BCUT2D eigenvalue weighted by atomic mass is 9.83. The second-order valence-electron chi connectivity index (χ2n) is 11.7. The second-order valence-corrected chi connectivity index (χ2v) is 11.7. The first kappa shape index (κ1) is 34.6. The van der Waals surface area contributed by atoms with Gasteiger partial charge in [-0.2, -0.15) is 0 Å². The minimum Gasteiger partial charge on any atom is -0.465 e. The van der Waals surface area contributed by atoms with Crippen LogP contribution < -0.4 is 0 Å². The van der Waals surface area contributed by atoms with Gasteiger partial charge in [0.25, 0.3) is 0 Å². The summed E-state index contributed by atoms with van der Waals surface area (Å²) in [4.78, 5) is 45.9. The van der Waals surface area contributed by atoms with Crippen molar-refractivity contribution in [1.29, 1.82) is 0 Å². The Morgan fingerprint density at radius 3 is 1.46 bits per heavy atom. The summed E-state index contributed by atoms with van der Waals surface area (Å²) in [5.41, 5.74) is 0. The topological polar surface area (TPSA) is 105 Å². The lowest BCUT2D eigenvalue weighted by Crippen LogP contribution is -2.25. The molecule has 0 aliphatic heterocycles. The fourth-order valence-electron chi connectivity index (χ4n) is 4.57. The molecule has 8 nitrogen and oxygen atoms in total. The molecular formula is C31H52O8. The van der Waals surface area contributed by atoms with Crippen LogP contribution in [0.25, 0.3) is 0 Å². The highest BCUT2D eigenvalue weighted by molar-refractivity contribution is 5.81. The molecular weight excluding hydrogens is 500 g/mol. The van der Waals surface area contributed by atoms with Crippen molar-refractivity contribution in [1.82, 2.24) is 0 Å². The lowest BCUT2D eigenvalue weighted by molar-refractivity contribution is -0.154. The molecule has 0 saturated heterocycles. The summed E-state index contributed by atoms with van der Waals surface area (Å²) >= 11 is 0. The van der Waals surface area contributed by atoms with Crippen LogP contribution >= 0.6 is 0 Å². The molecule has 2 saturated carbocycles. The number of carbonyl (C=O) groups is 4. The van der Waals surface area contributed by atoms with Gasteiger partial charge in [-0.25, -0.2) is 4.79 Å². The summed E-state index contributed by atoms with van der Waals surface area (Å²) in [5, 5.41) is 0. The zero-order valence-electron chi connectivity index (χ0n) is 24.9. The second kappa shape index (κ2) is 19.6. The maximum absolute atomic E-state index is 11.9. The maximum atomic E-state index is 11.9. The Morgan fingerprint density at radius 1 is 0.692 bits per heavy atom. The molecule has 8 heteroatoms. The van der Waals surface area contributed by atoms with Crippen LogP contribution in [0.1, 0.15) is 98.8 Å². The van der Waals surface area contributed by atoms with Crippen molar-refractivity contribution in [3.05, 3.63) is 12.7 Å². The van der Waals surface area contributed by atoms with Crippen LogP contribution in [0.4, 0.5) is 0 Å². The predicted octanol–water partition coefficient (Wildman–Crippen LogP) is 6.06. The van der Waals surface area contributed by atoms with E-state index in [1.807, 2.05) is 20.8 Å². The molecule has 2 atom stereocenters. The molecule has 0 spiro atoms. The molecule has 2 aliphatic rings. The van der Waals surface area contributed by atoms with Gasteiger partial charge in [0.15, 0.2) is 0 Å². The molecule has 0 aromatic rings. The molecule has 0 radical (unpaired) electrons. The van der Waals surface area contributed by atoms with Crippen LogP contribution in [0.15, 0.2) is 12.7 Å². The van der Waals surface area contributed by atoms with Gasteiger partial charge in [0.1, 0.15) is 0 Å². The van der Waals surface area contributed by atoms with Gasteiger partial charge in [-0.3, -0.25) is 14.4 Å². The Bertz CT molecular complexity index is 748. The van der Waals surface area contributed by atoms with Crippen molar-refractivity contribution in [2.45, 2.75) is 98.8 Å². The molecule has 2 aliphatic carbocycles. The molecule has 0 aromatic heterocycles. The van der Waals surface area contributed by atoms with E-state index in [-0.39, 0.29) is 48.2 Å². The fraction of sp³-hybridized carbons (Fsp3) is 0.806. The van der Waals surface area contributed by atoms with Crippen LogP contribution in [-0.4, -0.2) is 50.3 Å². The summed E-state index contributed by atoms with van der Waals surface area (Å²) in [6, 6.07) is 0. The van der Waals surface area contributed by atoms with E-state index in [0.29, 0.717) is 26.2 Å². The SMILES string of the molecule is C=CC(=O)OCC(C)COC(=O)C1CCC(C)CC1.CCCC(=O)OC[C@@H](C)COC(=O)C1CCC(C)CC1. The third-order valence-electron chi connectivity index (χ3n) is 7.38. The Balaban J connectivity index is 0.000000391. The normalized spacial score (nSPS) is 24.1. The summed E-state index contributed by atoms with van der Waals surface area (Å²) in [6.07, 6.45) is 10.6. The van der Waals surface area contributed by atoms with E-state index in [9.17, 15) is 19.2 Å². The molecule has 0 aromatic carbocycles. The number of esters is 4. The fourth-order valence-corrected chi connectivity index (χ4v) is 4.57. The minimum atomic E-state index is -0.445. The molecule has 1 unspecified atom stereocenters. The first-order valence-electron chi connectivity index (χ1n) is 14.8. The number of carbonyl (C=O) groups excluding carboxylic acids is 4. The van der Waals surface area contributed by atoms with Gasteiger partial charge in [-0.15, -0.1) is 0 Å². The third kappa shape index (κ3) is 15.7. The van der Waals surface area contributed by atoms with E-state index in [1.54, 1.807) is 0 Å². The van der Waals surface area contributed by atoms with E-state index in [1.165, 1.54) is 0 Å². The van der Waals surface area contributed by atoms with Gasteiger partial charge in [0.2, 0.25) is 0 Å². The molecule has 0 bridgehead atoms. The standard InChI is InChI=1S/C16H28O4.C15H24O4/c1-4-5-15(17)19-10-13(3)11-20-16(18)14-8-6-12(2)7-9-14;1-4-14(16)18-9-12(3)10-19-15(17)13-7-5-11(2)6-8-13/h12-14H,4-11H2,1-3H3;4,11-13H,1,5-10H2,2-3H3/t12?,13-,14?;/m1./s1. The molecule has 2 fully saturated rings. The van der Waals surface area contributed by atoms with Crippen LogP contribution in [-0.2, 0) is 38.1 Å². The summed E-state index contributed by atoms with van der Waals surface area (Å²) < 4.78 is 20.6. The number of ether oxygens (including phenoxy) is 4. The third-order valence-corrected chi connectivity index (χ3v) is 7.38. The van der Waals surface area contributed by atoms with Gasteiger partial charge in [0.05, 0.1) is 38.3 Å². The Hall–Kier alpha value is -2.38. The van der Waals surface area contributed by atoms with E-state index >= 15 is 0 Å². The molecule has 224 valence electrons. The van der Waals surface area contributed by atoms with E-state index in [0.717, 1.165) is 75.7 Å². The van der Waals surface area contributed by atoms with Crippen LogP contribution in [0, 0.1) is 35.5 Å². The van der Waals surface area contributed by atoms with E-state index in [4.69, 9.17) is 18.9 Å². The van der Waals surface area contributed by atoms with Crippen molar-refractivity contribution in [3.8, 4) is 0 Å². The average Bonchev–Trinajstić information content (AvgIpc) is 2.93. The zero-order valence-corrected chi connectivity index (χ0v) is 24.9. The van der Waals surface area contributed by atoms with Gasteiger partial charge in [0, 0.05) is 24.3 Å². The number of hydrogen-bond donors (Lipinski definition) is 0. The first-order chi connectivity index (χ1) is 18.5. The van der Waals surface area contributed by atoms with E-state index < -0.39 is 5.97 Å². The predicted molar refractivity (Wildman–Crippen MR) is 150 cm³/mol. The maximum Gasteiger partial charge on any atom is 0.330 e. The van der Waals surface area contributed by atoms with Crippen molar-refractivity contribution >= 4 is 23.9 Å². The van der Waals surface area contributed by atoms with Crippen LogP contribution in [0.3, 0.4) is 0 Å². The number of hydrogen-bond acceptors (Lipinski definition) is 8. The van der Waals surface area contributed by atoms with Crippen molar-refractivity contribution in [2.75, 3.05) is 26.4 Å². The van der Waals surface area contributed by atoms with Crippen LogP contribution in [0.2, 0.25) is 0 Å². The molecule has 39 heavy (non-hydrogen) atoms. The largest absolute Gasteiger partial charge is 0.465 e. The molecule has 2 rings (SSSR count). The van der Waals surface area contributed by atoms with E-state index in [2.05, 4.69) is 20.4 Å². The number of rotatable bonds is 13. The summed E-state index contributed by atoms with van der Waals surface area (Å²) in [6.45, 7) is 14.7.